The SMILES string of the molecule is CC1CCC(C(N)=O)CN1Cc1ccc(F)c(Br)c1. The summed E-state index contributed by atoms with van der Waals surface area (Å²) in [7, 11) is 0. The summed E-state index contributed by atoms with van der Waals surface area (Å²) in [5.74, 6) is -0.553. The normalized spacial score (nSPS) is 24.4. The Kier molecular flexibility index (Phi) is 4.58. The van der Waals surface area contributed by atoms with E-state index in [1.165, 1.54) is 6.07 Å². The van der Waals surface area contributed by atoms with Crippen molar-refractivity contribution in [2.24, 2.45) is 11.7 Å². The molecule has 1 aromatic carbocycles. The van der Waals surface area contributed by atoms with E-state index in [1.54, 1.807) is 12.1 Å². The van der Waals surface area contributed by atoms with Crippen LogP contribution in [-0.2, 0) is 11.3 Å². The number of likely N-dealkylation sites (tertiary alicyclic amines) is 1. The summed E-state index contributed by atoms with van der Waals surface area (Å²) in [5, 5.41) is 0. The summed E-state index contributed by atoms with van der Waals surface area (Å²) in [6.45, 7) is 3.55. The van der Waals surface area contributed by atoms with Crippen molar-refractivity contribution in [1.82, 2.24) is 4.90 Å². The maximum atomic E-state index is 13.2. The number of hydrogen-bond acceptors (Lipinski definition) is 2. The molecule has 1 aromatic rings. The highest BCUT2D eigenvalue weighted by Crippen LogP contribution is 2.25. The van der Waals surface area contributed by atoms with Gasteiger partial charge in [-0.1, -0.05) is 6.07 Å². The first-order valence-electron chi connectivity index (χ1n) is 6.44. The van der Waals surface area contributed by atoms with Gasteiger partial charge in [-0.2, -0.15) is 0 Å². The van der Waals surface area contributed by atoms with Crippen molar-refractivity contribution in [3.63, 3.8) is 0 Å². The third-order valence-corrected chi connectivity index (χ3v) is 4.39. The molecule has 19 heavy (non-hydrogen) atoms. The minimum Gasteiger partial charge on any atom is -0.369 e. The molecule has 1 aliphatic heterocycles. The fourth-order valence-corrected chi connectivity index (χ4v) is 2.93. The highest BCUT2D eigenvalue weighted by Gasteiger charge is 2.28. The Morgan fingerprint density at radius 2 is 2.26 bits per heavy atom. The van der Waals surface area contributed by atoms with Crippen molar-refractivity contribution in [2.75, 3.05) is 6.54 Å². The molecule has 3 nitrogen and oxygen atoms in total. The lowest BCUT2D eigenvalue weighted by Gasteiger charge is -2.36. The number of carbonyl (C=O) groups is 1. The van der Waals surface area contributed by atoms with Crippen LogP contribution in [0.2, 0.25) is 0 Å². The lowest BCUT2D eigenvalue weighted by atomic mass is 9.92. The zero-order valence-electron chi connectivity index (χ0n) is 10.9. The van der Waals surface area contributed by atoms with E-state index < -0.39 is 0 Å². The molecule has 0 radical (unpaired) electrons. The molecular formula is C14H18BrFN2O. The summed E-state index contributed by atoms with van der Waals surface area (Å²) in [6, 6.07) is 5.44. The maximum absolute atomic E-state index is 13.2. The van der Waals surface area contributed by atoms with E-state index in [2.05, 4.69) is 27.8 Å². The van der Waals surface area contributed by atoms with Crippen molar-refractivity contribution in [1.29, 1.82) is 0 Å². The molecule has 0 saturated carbocycles. The molecule has 2 atom stereocenters. The van der Waals surface area contributed by atoms with Crippen LogP contribution in [0.25, 0.3) is 0 Å². The summed E-state index contributed by atoms with van der Waals surface area (Å²) in [6.07, 6.45) is 1.83. The molecule has 1 amide bonds. The first-order chi connectivity index (χ1) is 8.97. The molecule has 0 bridgehead atoms. The largest absolute Gasteiger partial charge is 0.369 e. The first-order valence-corrected chi connectivity index (χ1v) is 7.24. The number of primary amides is 1. The van der Waals surface area contributed by atoms with Crippen molar-refractivity contribution >= 4 is 21.8 Å². The molecule has 1 aliphatic rings. The third-order valence-electron chi connectivity index (χ3n) is 3.78. The predicted octanol–water partition coefficient (Wildman–Crippen LogP) is 2.67. The quantitative estimate of drug-likeness (QED) is 0.927. The van der Waals surface area contributed by atoms with Crippen molar-refractivity contribution in [3.05, 3.63) is 34.1 Å². The van der Waals surface area contributed by atoms with Crippen LogP contribution in [0.1, 0.15) is 25.3 Å². The summed E-state index contributed by atoms with van der Waals surface area (Å²) in [4.78, 5) is 13.5. The molecule has 2 unspecified atom stereocenters. The van der Waals surface area contributed by atoms with Gasteiger partial charge in [0.05, 0.1) is 10.4 Å². The lowest BCUT2D eigenvalue weighted by molar-refractivity contribution is -0.124. The van der Waals surface area contributed by atoms with Crippen molar-refractivity contribution in [3.8, 4) is 0 Å². The van der Waals surface area contributed by atoms with Crippen LogP contribution in [0.5, 0.6) is 0 Å². The van der Waals surface area contributed by atoms with E-state index in [0.717, 1.165) is 18.4 Å². The van der Waals surface area contributed by atoms with Crippen LogP contribution >= 0.6 is 15.9 Å². The number of rotatable bonds is 3. The van der Waals surface area contributed by atoms with E-state index in [0.29, 0.717) is 23.6 Å². The Morgan fingerprint density at radius 1 is 1.53 bits per heavy atom. The minimum absolute atomic E-state index is 0.0694. The van der Waals surface area contributed by atoms with Gasteiger partial charge in [0.25, 0.3) is 0 Å². The average Bonchev–Trinajstić information content (AvgIpc) is 2.36. The van der Waals surface area contributed by atoms with Gasteiger partial charge in [-0.25, -0.2) is 4.39 Å². The summed E-state index contributed by atoms with van der Waals surface area (Å²) in [5.41, 5.74) is 6.42. The number of hydrogen-bond donors (Lipinski definition) is 1. The Bertz CT molecular complexity index is 481. The number of benzene rings is 1. The van der Waals surface area contributed by atoms with Gasteiger partial charge in [-0.3, -0.25) is 9.69 Å². The highest BCUT2D eigenvalue weighted by atomic mass is 79.9. The first kappa shape index (κ1) is 14.5. The van der Waals surface area contributed by atoms with Crippen LogP contribution in [0.3, 0.4) is 0 Å². The monoisotopic (exact) mass is 328 g/mol. The van der Waals surface area contributed by atoms with Gasteiger partial charge < -0.3 is 5.73 Å². The molecule has 1 fully saturated rings. The fourth-order valence-electron chi connectivity index (χ4n) is 2.50. The molecule has 0 spiro atoms. The molecule has 1 heterocycles. The molecule has 5 heteroatoms. The van der Waals surface area contributed by atoms with Crippen LogP contribution in [-0.4, -0.2) is 23.4 Å². The second-order valence-electron chi connectivity index (χ2n) is 5.20. The van der Waals surface area contributed by atoms with Crippen LogP contribution in [0.4, 0.5) is 4.39 Å². The average molecular weight is 329 g/mol. The smallest absolute Gasteiger partial charge is 0.221 e. The van der Waals surface area contributed by atoms with Gasteiger partial charge in [0, 0.05) is 19.1 Å². The van der Waals surface area contributed by atoms with Gasteiger partial charge >= 0.3 is 0 Å². The number of nitrogens with two attached hydrogens (primary N) is 1. The molecule has 1 saturated heterocycles. The van der Waals surface area contributed by atoms with Crippen LogP contribution < -0.4 is 5.73 Å². The second kappa shape index (κ2) is 6.01. The van der Waals surface area contributed by atoms with Gasteiger partial charge in [-0.05, 0) is 53.4 Å². The molecule has 104 valence electrons. The zero-order chi connectivity index (χ0) is 14.0. The molecule has 0 aliphatic carbocycles. The molecule has 2 rings (SSSR count). The maximum Gasteiger partial charge on any atom is 0.221 e. The van der Waals surface area contributed by atoms with Gasteiger partial charge in [0.1, 0.15) is 5.82 Å². The van der Waals surface area contributed by atoms with Gasteiger partial charge in [0.2, 0.25) is 5.91 Å². The van der Waals surface area contributed by atoms with Crippen LogP contribution in [0, 0.1) is 11.7 Å². The third kappa shape index (κ3) is 3.54. The Hall–Kier alpha value is -0.940. The summed E-state index contributed by atoms with van der Waals surface area (Å²) >= 11 is 3.19. The van der Waals surface area contributed by atoms with E-state index in [-0.39, 0.29) is 17.6 Å². The Balaban J connectivity index is 2.07. The minimum atomic E-state index is -0.259. The van der Waals surface area contributed by atoms with E-state index in [9.17, 15) is 9.18 Å². The van der Waals surface area contributed by atoms with E-state index >= 15 is 0 Å². The van der Waals surface area contributed by atoms with Crippen molar-refractivity contribution < 1.29 is 9.18 Å². The topological polar surface area (TPSA) is 46.3 Å². The number of halogens is 2. The fraction of sp³-hybridized carbons (Fsp3) is 0.500. The van der Waals surface area contributed by atoms with Crippen LogP contribution in [0.15, 0.2) is 22.7 Å². The number of nitrogens with zero attached hydrogens (tertiary/aromatic N) is 1. The Morgan fingerprint density at radius 3 is 2.89 bits per heavy atom. The predicted molar refractivity (Wildman–Crippen MR) is 75.9 cm³/mol. The number of amides is 1. The molecule has 0 aromatic heterocycles. The van der Waals surface area contributed by atoms with Gasteiger partial charge in [0.15, 0.2) is 0 Å². The van der Waals surface area contributed by atoms with E-state index in [4.69, 9.17) is 5.73 Å². The van der Waals surface area contributed by atoms with Gasteiger partial charge in [-0.15, -0.1) is 0 Å². The number of piperidine rings is 1. The summed E-state index contributed by atoms with van der Waals surface area (Å²) < 4.78 is 13.7. The van der Waals surface area contributed by atoms with E-state index in [1.807, 2.05) is 0 Å². The highest BCUT2D eigenvalue weighted by molar-refractivity contribution is 9.10. The van der Waals surface area contributed by atoms with Crippen molar-refractivity contribution in [2.45, 2.75) is 32.4 Å². The lowest BCUT2D eigenvalue weighted by Crippen LogP contribution is -2.45. The zero-order valence-corrected chi connectivity index (χ0v) is 12.5. The second-order valence-corrected chi connectivity index (χ2v) is 6.06. The Labute approximate surface area is 121 Å². The number of carbonyl (C=O) groups excluding carboxylic acids is 1. The molecule has 2 N–H and O–H groups in total. The standard InChI is InChI=1S/C14H18BrFN2O/c1-9-2-4-11(14(17)19)8-18(9)7-10-3-5-13(16)12(15)6-10/h3,5-6,9,11H,2,4,7-8H2,1H3,(H2,17,19). The molecular weight excluding hydrogens is 311 g/mol.